The van der Waals surface area contributed by atoms with Crippen molar-refractivity contribution in [3.63, 3.8) is 0 Å². The van der Waals surface area contributed by atoms with Crippen LogP contribution in [0.25, 0.3) is 11.3 Å². The van der Waals surface area contributed by atoms with Crippen LogP contribution in [0.15, 0.2) is 23.2 Å². The molecule has 2 N–H and O–H groups in total. The van der Waals surface area contributed by atoms with Gasteiger partial charge in [0.05, 0.1) is 6.20 Å². The normalized spacial score (nSPS) is 10.2. The molecule has 0 saturated carbocycles. The zero-order valence-corrected chi connectivity index (χ0v) is 6.39. The molecular formula is C7H5N3O3. The summed E-state index contributed by atoms with van der Waals surface area (Å²) in [6.07, 6.45) is 4.11. The Kier molecular flexibility index (Phi) is 1.59. The van der Waals surface area contributed by atoms with Crippen LogP contribution in [0.5, 0.6) is 0 Å². The van der Waals surface area contributed by atoms with Gasteiger partial charge < -0.3 is 9.52 Å². The molecule has 0 aromatic carbocycles. The Hall–Kier alpha value is -2.11. The van der Waals surface area contributed by atoms with Gasteiger partial charge in [-0.2, -0.15) is 5.10 Å². The summed E-state index contributed by atoms with van der Waals surface area (Å²) in [7, 11) is 0. The zero-order chi connectivity index (χ0) is 9.26. The first-order valence-electron chi connectivity index (χ1n) is 3.45. The topological polar surface area (TPSA) is 92.0 Å². The Bertz CT molecular complexity index is 418. The van der Waals surface area contributed by atoms with E-state index in [1.165, 1.54) is 6.20 Å². The van der Waals surface area contributed by atoms with Crippen LogP contribution >= 0.6 is 0 Å². The van der Waals surface area contributed by atoms with Crippen molar-refractivity contribution in [2.45, 2.75) is 0 Å². The molecule has 13 heavy (non-hydrogen) atoms. The van der Waals surface area contributed by atoms with Crippen molar-refractivity contribution in [1.82, 2.24) is 15.2 Å². The predicted octanol–water partition coefficient (Wildman–Crippen LogP) is 0.763. The quantitative estimate of drug-likeness (QED) is 0.710. The second-order valence-electron chi connectivity index (χ2n) is 2.32. The largest absolute Gasteiger partial charge is 0.475 e. The number of oxazole rings is 1. The highest BCUT2D eigenvalue weighted by molar-refractivity contribution is 5.91. The van der Waals surface area contributed by atoms with Crippen molar-refractivity contribution in [2.24, 2.45) is 0 Å². The minimum absolute atomic E-state index is 0.179. The van der Waals surface area contributed by atoms with Crippen molar-refractivity contribution in [2.75, 3.05) is 0 Å². The maximum Gasteiger partial charge on any atom is 0.374 e. The monoisotopic (exact) mass is 179 g/mol. The van der Waals surface area contributed by atoms with E-state index >= 15 is 0 Å². The molecule has 0 aliphatic carbocycles. The van der Waals surface area contributed by atoms with Crippen LogP contribution in [0.4, 0.5) is 0 Å². The Balaban J connectivity index is 2.52. The molecule has 2 rings (SSSR count). The van der Waals surface area contributed by atoms with E-state index in [4.69, 9.17) is 9.52 Å². The Morgan fingerprint density at radius 3 is 3.08 bits per heavy atom. The first-order valence-corrected chi connectivity index (χ1v) is 3.45. The lowest BCUT2D eigenvalue weighted by Crippen LogP contribution is -1.95. The van der Waals surface area contributed by atoms with Crippen LogP contribution in [-0.4, -0.2) is 26.3 Å². The predicted molar refractivity (Wildman–Crippen MR) is 41.0 cm³/mol. The van der Waals surface area contributed by atoms with Crippen LogP contribution in [0.2, 0.25) is 0 Å². The van der Waals surface area contributed by atoms with Gasteiger partial charge >= 0.3 is 5.97 Å². The fourth-order valence-electron chi connectivity index (χ4n) is 0.984. The molecule has 0 bridgehead atoms. The maximum absolute atomic E-state index is 10.6. The van der Waals surface area contributed by atoms with Crippen molar-refractivity contribution >= 4 is 5.97 Å². The lowest BCUT2D eigenvalue weighted by atomic mass is 10.2. The molecule has 66 valence electrons. The van der Waals surface area contributed by atoms with E-state index in [1.54, 1.807) is 6.20 Å². The number of nitrogens with zero attached hydrogens (tertiary/aromatic N) is 2. The molecule has 2 aromatic heterocycles. The summed E-state index contributed by atoms with van der Waals surface area (Å²) in [4.78, 5) is 14.4. The highest BCUT2D eigenvalue weighted by atomic mass is 16.4. The maximum atomic E-state index is 10.6. The molecule has 0 atom stereocenters. The van der Waals surface area contributed by atoms with Crippen LogP contribution in [0, 0.1) is 0 Å². The summed E-state index contributed by atoms with van der Waals surface area (Å²) in [6.45, 7) is 0. The molecule has 0 spiro atoms. The van der Waals surface area contributed by atoms with Gasteiger partial charge in [-0.25, -0.2) is 9.78 Å². The van der Waals surface area contributed by atoms with Crippen molar-refractivity contribution in [3.05, 3.63) is 24.5 Å². The molecule has 2 heterocycles. The first kappa shape index (κ1) is 7.53. The minimum atomic E-state index is -1.14. The second kappa shape index (κ2) is 2.74. The van der Waals surface area contributed by atoms with Crippen LogP contribution in [0.3, 0.4) is 0 Å². The van der Waals surface area contributed by atoms with Gasteiger partial charge in [0.25, 0.3) is 0 Å². The average Bonchev–Trinajstić information content (AvgIpc) is 2.74. The number of carbonyl (C=O) groups is 1. The third-order valence-electron chi connectivity index (χ3n) is 1.53. The van der Waals surface area contributed by atoms with E-state index < -0.39 is 5.97 Å². The summed E-state index contributed by atoms with van der Waals surface area (Å²) in [5.74, 6) is -1.32. The number of hydrogen-bond donors (Lipinski definition) is 2. The summed E-state index contributed by atoms with van der Waals surface area (Å²) in [5.41, 5.74) is 0.868. The van der Waals surface area contributed by atoms with Crippen LogP contribution in [-0.2, 0) is 0 Å². The van der Waals surface area contributed by atoms with Crippen LogP contribution in [0.1, 0.15) is 10.6 Å². The molecule has 0 radical (unpaired) electrons. The molecule has 2 aromatic rings. The van der Waals surface area contributed by atoms with Gasteiger partial charge in [-0.3, -0.25) is 5.10 Å². The van der Waals surface area contributed by atoms with Crippen molar-refractivity contribution < 1.29 is 14.3 Å². The van der Waals surface area contributed by atoms with E-state index in [-0.39, 0.29) is 11.5 Å². The summed E-state index contributed by atoms with van der Waals surface area (Å²) in [5, 5.41) is 14.9. The Morgan fingerprint density at radius 1 is 1.62 bits per heavy atom. The Morgan fingerprint density at radius 2 is 2.46 bits per heavy atom. The highest BCUT2D eigenvalue weighted by Gasteiger charge is 2.17. The van der Waals surface area contributed by atoms with E-state index in [0.717, 1.165) is 6.39 Å². The van der Waals surface area contributed by atoms with E-state index in [1.807, 2.05) is 0 Å². The number of aromatic carboxylic acids is 1. The Labute approximate surface area is 72.2 Å². The van der Waals surface area contributed by atoms with Crippen LogP contribution < -0.4 is 0 Å². The van der Waals surface area contributed by atoms with Crippen molar-refractivity contribution in [3.8, 4) is 11.3 Å². The molecule has 0 aliphatic heterocycles. The van der Waals surface area contributed by atoms with Gasteiger partial charge in [-0.15, -0.1) is 0 Å². The van der Waals surface area contributed by atoms with Gasteiger partial charge in [-0.05, 0) is 0 Å². The third-order valence-corrected chi connectivity index (χ3v) is 1.53. The highest BCUT2D eigenvalue weighted by Crippen LogP contribution is 2.20. The molecule has 0 unspecified atom stereocenters. The third kappa shape index (κ3) is 1.18. The molecule has 0 saturated heterocycles. The summed E-state index contributed by atoms with van der Waals surface area (Å²) >= 11 is 0. The van der Waals surface area contributed by atoms with Crippen molar-refractivity contribution in [1.29, 1.82) is 0 Å². The standard InChI is InChI=1S/C7H5N3O3/c11-7(12)6-5(8-3-13-6)4-1-9-10-2-4/h1-3H,(H,9,10)(H,11,12). The fraction of sp³-hybridized carbons (Fsp3) is 0. The summed E-state index contributed by atoms with van der Waals surface area (Å²) < 4.78 is 4.70. The SMILES string of the molecule is O=C(O)c1ocnc1-c1cn[nH]c1. The number of carboxylic acids is 1. The zero-order valence-electron chi connectivity index (χ0n) is 6.39. The van der Waals surface area contributed by atoms with Gasteiger partial charge in [0, 0.05) is 11.8 Å². The van der Waals surface area contributed by atoms with E-state index in [9.17, 15) is 4.79 Å². The lowest BCUT2D eigenvalue weighted by molar-refractivity contribution is 0.0663. The first-order chi connectivity index (χ1) is 6.29. The molecule has 0 amide bonds. The van der Waals surface area contributed by atoms with Gasteiger partial charge in [-0.1, -0.05) is 0 Å². The average molecular weight is 179 g/mol. The number of carboxylic acid groups (broad SMARTS) is 1. The second-order valence-corrected chi connectivity index (χ2v) is 2.32. The lowest BCUT2D eigenvalue weighted by Gasteiger charge is -1.90. The molecule has 6 nitrogen and oxygen atoms in total. The smallest absolute Gasteiger partial charge is 0.374 e. The van der Waals surface area contributed by atoms with Gasteiger partial charge in [0.1, 0.15) is 5.69 Å². The number of nitrogens with one attached hydrogen (secondary N) is 1. The molecule has 0 aliphatic rings. The summed E-state index contributed by atoms with van der Waals surface area (Å²) in [6, 6.07) is 0. The number of H-pyrrole nitrogens is 1. The van der Waals surface area contributed by atoms with Gasteiger partial charge in [0.2, 0.25) is 5.76 Å². The molecule has 6 heteroatoms. The number of aromatic amines is 1. The number of rotatable bonds is 2. The van der Waals surface area contributed by atoms with Gasteiger partial charge in [0.15, 0.2) is 6.39 Å². The van der Waals surface area contributed by atoms with E-state index in [2.05, 4.69) is 15.2 Å². The molecule has 0 fully saturated rings. The minimum Gasteiger partial charge on any atom is -0.475 e. The van der Waals surface area contributed by atoms with E-state index in [0.29, 0.717) is 5.56 Å². The fourth-order valence-corrected chi connectivity index (χ4v) is 0.984. The number of aromatic nitrogens is 3. The molecular weight excluding hydrogens is 174 g/mol. The number of hydrogen-bond acceptors (Lipinski definition) is 4.